The second kappa shape index (κ2) is 3.53. The quantitative estimate of drug-likeness (QED) is 0.716. The third-order valence-electron chi connectivity index (χ3n) is 1.33. The number of hydrogen-bond donors (Lipinski definition) is 1. The van der Waals surface area contributed by atoms with Gasteiger partial charge in [0.15, 0.2) is 0 Å². The fourth-order valence-corrected chi connectivity index (χ4v) is 0.775. The molecule has 0 atom stereocenters. The number of hydrogen-bond acceptors (Lipinski definition) is 3. The number of oxazole rings is 1. The fourth-order valence-electron chi connectivity index (χ4n) is 0.775. The Hall–Kier alpha value is -0.830. The molecule has 3 nitrogen and oxygen atoms in total. The number of nitrogens with one attached hydrogen (secondary N) is 1. The van der Waals surface area contributed by atoms with E-state index in [2.05, 4.69) is 24.1 Å². The van der Waals surface area contributed by atoms with Gasteiger partial charge in [-0.1, -0.05) is 13.8 Å². The average Bonchev–Trinajstić information content (AvgIpc) is 2.31. The van der Waals surface area contributed by atoms with Crippen LogP contribution in [0.4, 0.5) is 0 Å². The molecule has 0 saturated heterocycles. The Labute approximate surface area is 66.8 Å². The maximum absolute atomic E-state index is 5.26. The van der Waals surface area contributed by atoms with Crippen molar-refractivity contribution in [1.82, 2.24) is 10.3 Å². The molecule has 0 radical (unpaired) electrons. The zero-order chi connectivity index (χ0) is 8.27. The lowest BCUT2D eigenvalue weighted by Crippen LogP contribution is -2.21. The normalized spacial score (nSPS) is 10.9. The molecular formula is C8H14N2O. The molecule has 0 aliphatic rings. The van der Waals surface area contributed by atoms with Gasteiger partial charge in [-0.2, -0.15) is 0 Å². The second-order valence-corrected chi connectivity index (χ2v) is 2.90. The predicted octanol–water partition coefficient (Wildman–Crippen LogP) is 1.48. The molecule has 0 saturated carbocycles. The summed E-state index contributed by atoms with van der Waals surface area (Å²) in [6.07, 6.45) is 1.73. The van der Waals surface area contributed by atoms with Gasteiger partial charge in [-0.05, 0) is 6.92 Å². The minimum Gasteiger partial charge on any atom is -0.445 e. The van der Waals surface area contributed by atoms with Gasteiger partial charge in [0.1, 0.15) is 5.76 Å². The lowest BCUT2D eigenvalue weighted by molar-refractivity contribution is 0.435. The van der Waals surface area contributed by atoms with Crippen molar-refractivity contribution in [1.29, 1.82) is 0 Å². The molecule has 62 valence electrons. The van der Waals surface area contributed by atoms with Crippen LogP contribution in [0.2, 0.25) is 0 Å². The molecule has 1 heterocycles. The van der Waals surface area contributed by atoms with Crippen LogP contribution in [-0.2, 0) is 6.54 Å². The second-order valence-electron chi connectivity index (χ2n) is 2.90. The van der Waals surface area contributed by atoms with Gasteiger partial charge in [0.05, 0.1) is 12.7 Å². The van der Waals surface area contributed by atoms with Crippen molar-refractivity contribution in [2.75, 3.05) is 0 Å². The van der Waals surface area contributed by atoms with Crippen molar-refractivity contribution in [2.24, 2.45) is 0 Å². The van der Waals surface area contributed by atoms with Gasteiger partial charge >= 0.3 is 0 Å². The first-order valence-electron chi connectivity index (χ1n) is 3.83. The molecular weight excluding hydrogens is 140 g/mol. The van der Waals surface area contributed by atoms with Crippen LogP contribution in [0.5, 0.6) is 0 Å². The molecule has 0 spiro atoms. The van der Waals surface area contributed by atoms with E-state index in [1.54, 1.807) is 6.20 Å². The summed E-state index contributed by atoms with van der Waals surface area (Å²) in [5, 5.41) is 3.22. The zero-order valence-electron chi connectivity index (χ0n) is 7.22. The molecule has 0 aliphatic heterocycles. The number of aromatic nitrogens is 1. The Morgan fingerprint density at radius 3 is 2.82 bits per heavy atom. The van der Waals surface area contributed by atoms with Crippen LogP contribution in [-0.4, -0.2) is 11.0 Å². The Morgan fingerprint density at radius 1 is 1.64 bits per heavy atom. The number of rotatable bonds is 3. The summed E-state index contributed by atoms with van der Waals surface area (Å²) < 4.78 is 5.26. The van der Waals surface area contributed by atoms with Gasteiger partial charge in [0.2, 0.25) is 5.89 Å². The van der Waals surface area contributed by atoms with Crippen molar-refractivity contribution in [3.8, 4) is 0 Å². The highest BCUT2D eigenvalue weighted by molar-refractivity contribution is 4.90. The Morgan fingerprint density at radius 2 is 2.36 bits per heavy atom. The van der Waals surface area contributed by atoms with Crippen LogP contribution < -0.4 is 5.32 Å². The van der Waals surface area contributed by atoms with Gasteiger partial charge in [0, 0.05) is 6.04 Å². The van der Waals surface area contributed by atoms with Crippen LogP contribution in [0.25, 0.3) is 0 Å². The molecule has 0 bridgehead atoms. The van der Waals surface area contributed by atoms with E-state index in [9.17, 15) is 0 Å². The van der Waals surface area contributed by atoms with E-state index in [1.807, 2.05) is 6.92 Å². The van der Waals surface area contributed by atoms with E-state index in [0.717, 1.165) is 11.7 Å². The van der Waals surface area contributed by atoms with Gasteiger partial charge in [-0.25, -0.2) is 4.98 Å². The largest absolute Gasteiger partial charge is 0.445 e. The van der Waals surface area contributed by atoms with Crippen LogP contribution in [0.1, 0.15) is 25.5 Å². The first-order valence-corrected chi connectivity index (χ1v) is 3.83. The predicted molar refractivity (Wildman–Crippen MR) is 43.2 cm³/mol. The van der Waals surface area contributed by atoms with Crippen molar-refractivity contribution >= 4 is 0 Å². The van der Waals surface area contributed by atoms with Crippen molar-refractivity contribution in [3.63, 3.8) is 0 Å². The van der Waals surface area contributed by atoms with Gasteiger partial charge < -0.3 is 9.73 Å². The maximum Gasteiger partial charge on any atom is 0.208 e. The van der Waals surface area contributed by atoms with E-state index in [-0.39, 0.29) is 0 Å². The average molecular weight is 154 g/mol. The summed E-state index contributed by atoms with van der Waals surface area (Å²) >= 11 is 0. The van der Waals surface area contributed by atoms with Crippen molar-refractivity contribution in [2.45, 2.75) is 33.4 Å². The highest BCUT2D eigenvalue weighted by atomic mass is 16.4. The van der Waals surface area contributed by atoms with E-state index in [4.69, 9.17) is 4.42 Å². The van der Waals surface area contributed by atoms with E-state index in [0.29, 0.717) is 12.6 Å². The molecule has 0 unspecified atom stereocenters. The molecule has 0 aliphatic carbocycles. The van der Waals surface area contributed by atoms with Gasteiger partial charge in [-0.15, -0.1) is 0 Å². The van der Waals surface area contributed by atoms with Crippen molar-refractivity contribution in [3.05, 3.63) is 17.8 Å². The summed E-state index contributed by atoms with van der Waals surface area (Å²) in [5.74, 6) is 1.63. The summed E-state index contributed by atoms with van der Waals surface area (Å²) in [7, 11) is 0. The van der Waals surface area contributed by atoms with Crippen LogP contribution >= 0.6 is 0 Å². The third kappa shape index (κ3) is 2.72. The highest BCUT2D eigenvalue weighted by Gasteiger charge is 1.99. The fraction of sp³-hybridized carbons (Fsp3) is 0.625. The maximum atomic E-state index is 5.26. The van der Waals surface area contributed by atoms with Gasteiger partial charge in [0.25, 0.3) is 0 Å². The monoisotopic (exact) mass is 154 g/mol. The van der Waals surface area contributed by atoms with E-state index < -0.39 is 0 Å². The minimum absolute atomic E-state index is 0.474. The molecule has 1 rings (SSSR count). The molecule has 1 N–H and O–H groups in total. The standard InChI is InChI=1S/C8H14N2O/c1-6(2)9-5-8-10-4-7(3)11-8/h4,6,9H,5H2,1-3H3. The van der Waals surface area contributed by atoms with E-state index in [1.165, 1.54) is 0 Å². The lowest BCUT2D eigenvalue weighted by atomic mass is 10.4. The molecule has 3 heteroatoms. The topological polar surface area (TPSA) is 38.1 Å². The van der Waals surface area contributed by atoms with Crippen LogP contribution in [0.15, 0.2) is 10.6 Å². The van der Waals surface area contributed by atoms with Crippen LogP contribution in [0.3, 0.4) is 0 Å². The Balaban J connectivity index is 2.39. The van der Waals surface area contributed by atoms with E-state index >= 15 is 0 Å². The molecule has 0 aromatic carbocycles. The summed E-state index contributed by atoms with van der Waals surface area (Å²) in [6, 6.07) is 0.474. The molecule has 11 heavy (non-hydrogen) atoms. The smallest absolute Gasteiger partial charge is 0.208 e. The molecule has 1 aromatic rings. The SMILES string of the molecule is Cc1cnc(CNC(C)C)o1. The van der Waals surface area contributed by atoms with Crippen molar-refractivity contribution < 1.29 is 4.42 Å². The summed E-state index contributed by atoms with van der Waals surface area (Å²) in [4.78, 5) is 4.06. The Bertz CT molecular complexity index is 218. The van der Waals surface area contributed by atoms with Gasteiger partial charge in [-0.3, -0.25) is 0 Å². The molecule has 1 aromatic heterocycles. The number of aryl methyl sites for hydroxylation is 1. The first kappa shape index (κ1) is 8.27. The molecule has 0 amide bonds. The first-order chi connectivity index (χ1) is 5.18. The third-order valence-corrected chi connectivity index (χ3v) is 1.33. The number of nitrogens with zero attached hydrogens (tertiary/aromatic N) is 1. The highest BCUT2D eigenvalue weighted by Crippen LogP contribution is 2.00. The zero-order valence-corrected chi connectivity index (χ0v) is 7.22. The molecule has 0 fully saturated rings. The van der Waals surface area contributed by atoms with Crippen LogP contribution in [0, 0.1) is 6.92 Å². The summed E-state index contributed by atoms with van der Waals surface area (Å²) in [6.45, 7) is 6.79. The summed E-state index contributed by atoms with van der Waals surface area (Å²) in [5.41, 5.74) is 0. The Kier molecular flexibility index (Phi) is 2.65. The minimum atomic E-state index is 0.474. The lowest BCUT2D eigenvalue weighted by Gasteiger charge is -2.03.